The van der Waals surface area contributed by atoms with Gasteiger partial charge in [0, 0.05) is 5.56 Å². The van der Waals surface area contributed by atoms with Gasteiger partial charge in [0.05, 0.1) is 24.7 Å². The third kappa shape index (κ3) is 3.29. The minimum atomic E-state index is -0.537. The van der Waals surface area contributed by atoms with E-state index in [1.54, 1.807) is 18.2 Å². The Kier molecular flexibility index (Phi) is 4.39. The molecule has 0 aliphatic heterocycles. The highest BCUT2D eigenvalue weighted by Gasteiger charge is 2.18. The average molecular weight is 289 g/mol. The average Bonchev–Trinajstić information content (AvgIpc) is 2.49. The highest BCUT2D eigenvalue weighted by molar-refractivity contribution is 5.53. The molecule has 0 aliphatic carbocycles. The molecule has 0 amide bonds. The monoisotopic (exact) mass is 289 g/mol. The first-order valence-corrected chi connectivity index (χ1v) is 6.26. The lowest BCUT2D eigenvalue weighted by Crippen LogP contribution is -1.97. The molecular weight excluding hydrogens is 274 g/mol. The van der Waals surface area contributed by atoms with E-state index in [1.807, 2.05) is 13.0 Å². The van der Waals surface area contributed by atoms with Crippen LogP contribution in [0.15, 0.2) is 36.4 Å². The summed E-state index contributed by atoms with van der Waals surface area (Å²) >= 11 is 0. The fourth-order valence-corrected chi connectivity index (χ4v) is 1.90. The lowest BCUT2D eigenvalue weighted by Gasteiger charge is -2.11. The van der Waals surface area contributed by atoms with Crippen LogP contribution in [0.1, 0.15) is 11.1 Å². The second-order valence-corrected chi connectivity index (χ2v) is 4.46. The Labute approximate surface area is 121 Å². The lowest BCUT2D eigenvalue weighted by atomic mass is 10.1. The van der Waals surface area contributed by atoms with Crippen molar-refractivity contribution in [3.8, 4) is 17.2 Å². The maximum absolute atomic E-state index is 11.1. The van der Waals surface area contributed by atoms with Crippen molar-refractivity contribution in [1.29, 1.82) is 0 Å². The quantitative estimate of drug-likeness (QED) is 0.675. The van der Waals surface area contributed by atoms with E-state index in [0.717, 1.165) is 5.56 Å². The number of rotatable bonds is 5. The first-order valence-electron chi connectivity index (χ1n) is 6.26. The van der Waals surface area contributed by atoms with Crippen molar-refractivity contribution in [2.75, 3.05) is 7.11 Å². The van der Waals surface area contributed by atoms with Gasteiger partial charge in [0.1, 0.15) is 11.5 Å². The normalized spacial score (nSPS) is 10.2. The van der Waals surface area contributed by atoms with E-state index in [1.165, 1.54) is 19.2 Å². The molecule has 0 unspecified atom stereocenters. The Morgan fingerprint density at radius 2 is 1.90 bits per heavy atom. The number of hydrogen-bond acceptors (Lipinski definition) is 5. The molecule has 6 heteroatoms. The summed E-state index contributed by atoms with van der Waals surface area (Å²) in [6, 6.07) is 9.60. The molecule has 0 aromatic heterocycles. The van der Waals surface area contributed by atoms with E-state index in [4.69, 9.17) is 9.47 Å². The maximum Gasteiger partial charge on any atom is 0.315 e. The van der Waals surface area contributed by atoms with Gasteiger partial charge in [-0.15, -0.1) is 0 Å². The fraction of sp³-hybridized carbons (Fsp3) is 0.200. The van der Waals surface area contributed by atoms with Gasteiger partial charge >= 0.3 is 5.69 Å². The number of nitro groups is 1. The zero-order valence-corrected chi connectivity index (χ0v) is 11.7. The highest BCUT2D eigenvalue weighted by Crippen LogP contribution is 2.35. The number of benzene rings is 2. The van der Waals surface area contributed by atoms with E-state index in [0.29, 0.717) is 17.1 Å². The SMILES string of the molecule is COc1ccc(Oc2ccc(C)cc2CO)c([N+](=O)[O-])c1. The minimum Gasteiger partial charge on any atom is -0.496 e. The van der Waals surface area contributed by atoms with Gasteiger partial charge in [0.25, 0.3) is 0 Å². The maximum atomic E-state index is 11.1. The van der Waals surface area contributed by atoms with Crippen LogP contribution in [0.5, 0.6) is 17.2 Å². The number of aliphatic hydroxyl groups excluding tert-OH is 1. The highest BCUT2D eigenvalue weighted by atomic mass is 16.6. The van der Waals surface area contributed by atoms with Crippen LogP contribution >= 0.6 is 0 Å². The van der Waals surface area contributed by atoms with Gasteiger partial charge in [-0.1, -0.05) is 17.7 Å². The third-order valence-corrected chi connectivity index (χ3v) is 2.97. The van der Waals surface area contributed by atoms with Crippen LogP contribution in [-0.4, -0.2) is 17.1 Å². The Bertz CT molecular complexity index is 669. The summed E-state index contributed by atoms with van der Waals surface area (Å²) in [6.45, 7) is 1.68. The largest absolute Gasteiger partial charge is 0.496 e. The van der Waals surface area contributed by atoms with E-state index < -0.39 is 4.92 Å². The zero-order valence-electron chi connectivity index (χ0n) is 11.7. The van der Waals surface area contributed by atoms with Crippen molar-refractivity contribution in [3.63, 3.8) is 0 Å². The second kappa shape index (κ2) is 6.23. The number of aryl methyl sites for hydroxylation is 1. The van der Waals surface area contributed by atoms with E-state index in [2.05, 4.69) is 0 Å². The van der Waals surface area contributed by atoms with Crippen LogP contribution in [0.3, 0.4) is 0 Å². The van der Waals surface area contributed by atoms with Crippen molar-refractivity contribution in [2.24, 2.45) is 0 Å². The number of methoxy groups -OCH3 is 1. The van der Waals surface area contributed by atoms with Gasteiger partial charge < -0.3 is 14.6 Å². The number of nitro benzene ring substituents is 1. The summed E-state index contributed by atoms with van der Waals surface area (Å²) in [7, 11) is 1.43. The van der Waals surface area contributed by atoms with Crippen LogP contribution < -0.4 is 9.47 Å². The predicted octanol–water partition coefficient (Wildman–Crippen LogP) is 3.20. The van der Waals surface area contributed by atoms with E-state index in [-0.39, 0.29) is 18.0 Å². The van der Waals surface area contributed by atoms with Crippen molar-refractivity contribution in [1.82, 2.24) is 0 Å². The molecule has 21 heavy (non-hydrogen) atoms. The predicted molar refractivity (Wildman–Crippen MR) is 76.8 cm³/mol. The molecule has 0 spiro atoms. The summed E-state index contributed by atoms with van der Waals surface area (Å²) in [6.07, 6.45) is 0. The topological polar surface area (TPSA) is 81.8 Å². The summed E-state index contributed by atoms with van der Waals surface area (Å²) in [5.41, 5.74) is 1.34. The molecule has 0 radical (unpaired) electrons. The molecule has 0 fully saturated rings. The number of hydrogen-bond donors (Lipinski definition) is 1. The van der Waals surface area contributed by atoms with E-state index in [9.17, 15) is 15.2 Å². The molecule has 2 aromatic carbocycles. The Morgan fingerprint density at radius 1 is 1.19 bits per heavy atom. The first-order chi connectivity index (χ1) is 10.0. The number of ether oxygens (including phenoxy) is 2. The summed E-state index contributed by atoms with van der Waals surface area (Å²) in [5.74, 6) is 0.857. The molecule has 110 valence electrons. The number of aliphatic hydroxyl groups is 1. The van der Waals surface area contributed by atoms with E-state index >= 15 is 0 Å². The van der Waals surface area contributed by atoms with Crippen LogP contribution in [0.2, 0.25) is 0 Å². The van der Waals surface area contributed by atoms with Gasteiger partial charge in [0.15, 0.2) is 0 Å². The van der Waals surface area contributed by atoms with Gasteiger partial charge in [0.2, 0.25) is 5.75 Å². The lowest BCUT2D eigenvalue weighted by molar-refractivity contribution is -0.385. The van der Waals surface area contributed by atoms with Crippen molar-refractivity contribution >= 4 is 5.69 Å². The van der Waals surface area contributed by atoms with Crippen molar-refractivity contribution in [2.45, 2.75) is 13.5 Å². The van der Waals surface area contributed by atoms with Gasteiger partial charge in [-0.05, 0) is 25.1 Å². The molecule has 0 saturated carbocycles. The summed E-state index contributed by atoms with van der Waals surface area (Å²) < 4.78 is 10.6. The molecule has 2 aromatic rings. The van der Waals surface area contributed by atoms with Crippen molar-refractivity contribution in [3.05, 3.63) is 57.6 Å². The number of nitrogens with zero attached hydrogens (tertiary/aromatic N) is 1. The Balaban J connectivity index is 2.42. The summed E-state index contributed by atoms with van der Waals surface area (Å²) in [5, 5.41) is 20.5. The third-order valence-electron chi connectivity index (χ3n) is 2.97. The smallest absolute Gasteiger partial charge is 0.315 e. The van der Waals surface area contributed by atoms with Crippen LogP contribution in [0.4, 0.5) is 5.69 Å². The zero-order chi connectivity index (χ0) is 15.4. The molecule has 0 aliphatic rings. The molecule has 6 nitrogen and oxygen atoms in total. The molecular formula is C15H15NO5. The standard InChI is InChI=1S/C15H15NO5/c1-10-3-5-14(11(7-10)9-17)21-15-6-4-12(20-2)8-13(15)16(18)19/h3-8,17H,9H2,1-2H3. The minimum absolute atomic E-state index is 0.0966. The Morgan fingerprint density at radius 3 is 2.52 bits per heavy atom. The Hall–Kier alpha value is -2.60. The molecule has 0 heterocycles. The van der Waals surface area contributed by atoms with Gasteiger partial charge in [-0.3, -0.25) is 10.1 Å². The molecule has 0 bridgehead atoms. The molecule has 2 rings (SSSR count). The van der Waals surface area contributed by atoms with Crippen LogP contribution in [-0.2, 0) is 6.61 Å². The second-order valence-electron chi connectivity index (χ2n) is 4.46. The van der Waals surface area contributed by atoms with Crippen LogP contribution in [0, 0.1) is 17.0 Å². The first kappa shape index (κ1) is 14.8. The summed E-state index contributed by atoms with van der Waals surface area (Å²) in [4.78, 5) is 10.6. The van der Waals surface area contributed by atoms with Crippen LogP contribution in [0.25, 0.3) is 0 Å². The fourth-order valence-electron chi connectivity index (χ4n) is 1.90. The molecule has 1 N–H and O–H groups in total. The molecule has 0 atom stereocenters. The molecule has 0 saturated heterocycles. The van der Waals surface area contributed by atoms with Gasteiger partial charge in [-0.2, -0.15) is 0 Å². The van der Waals surface area contributed by atoms with Crippen molar-refractivity contribution < 1.29 is 19.5 Å². The van der Waals surface area contributed by atoms with Gasteiger partial charge in [-0.25, -0.2) is 0 Å².